The zero-order valence-electron chi connectivity index (χ0n) is 12.4. The Bertz CT molecular complexity index is 592. The lowest BCUT2D eigenvalue weighted by Crippen LogP contribution is -2.33. The van der Waals surface area contributed by atoms with Crippen LogP contribution in [0.1, 0.15) is 39.5 Å². The van der Waals surface area contributed by atoms with Crippen LogP contribution in [0, 0.1) is 5.92 Å². The summed E-state index contributed by atoms with van der Waals surface area (Å²) in [6.07, 6.45) is 5.39. The Morgan fingerprint density at radius 1 is 1.43 bits per heavy atom. The van der Waals surface area contributed by atoms with Gasteiger partial charge in [0.25, 0.3) is 0 Å². The Balaban J connectivity index is 2.23. The Morgan fingerprint density at radius 2 is 2.19 bits per heavy atom. The van der Waals surface area contributed by atoms with Crippen LogP contribution in [0.3, 0.4) is 0 Å². The molecule has 1 fully saturated rings. The van der Waals surface area contributed by atoms with Crippen LogP contribution in [-0.2, 0) is 10.0 Å². The molecule has 2 rings (SSSR count). The van der Waals surface area contributed by atoms with Crippen molar-refractivity contribution in [1.82, 2.24) is 9.71 Å². The fourth-order valence-corrected chi connectivity index (χ4v) is 4.52. The van der Waals surface area contributed by atoms with E-state index in [2.05, 4.69) is 37.9 Å². The van der Waals surface area contributed by atoms with E-state index in [0.29, 0.717) is 22.8 Å². The topological polar surface area (TPSA) is 71.1 Å². The fraction of sp³-hybridized carbons (Fsp3) is 0.643. The third kappa shape index (κ3) is 4.40. The molecule has 1 saturated carbocycles. The van der Waals surface area contributed by atoms with Crippen LogP contribution in [0.2, 0.25) is 0 Å². The maximum Gasteiger partial charge on any atom is 0.244 e. The predicted octanol–water partition coefficient (Wildman–Crippen LogP) is 3.13. The second-order valence-corrected chi connectivity index (χ2v) is 8.26. The molecule has 0 aliphatic heterocycles. The Kier molecular flexibility index (Phi) is 5.62. The van der Waals surface area contributed by atoms with Crippen LogP contribution < -0.4 is 10.0 Å². The lowest BCUT2D eigenvalue weighted by atomic mass is 10.1. The third-order valence-electron chi connectivity index (χ3n) is 3.67. The minimum absolute atomic E-state index is 0.0306. The van der Waals surface area contributed by atoms with E-state index in [1.54, 1.807) is 12.3 Å². The summed E-state index contributed by atoms with van der Waals surface area (Å²) in [7, 11) is -3.56. The van der Waals surface area contributed by atoms with E-state index in [1.165, 1.54) is 0 Å². The van der Waals surface area contributed by atoms with E-state index >= 15 is 0 Å². The molecule has 5 nitrogen and oxygen atoms in total. The van der Waals surface area contributed by atoms with Crippen LogP contribution in [0.15, 0.2) is 21.6 Å². The predicted molar refractivity (Wildman–Crippen MR) is 87.8 cm³/mol. The van der Waals surface area contributed by atoms with Gasteiger partial charge in [-0.1, -0.05) is 13.8 Å². The van der Waals surface area contributed by atoms with E-state index in [9.17, 15) is 8.42 Å². The molecule has 2 atom stereocenters. The van der Waals surface area contributed by atoms with Gasteiger partial charge in [0.2, 0.25) is 10.0 Å². The van der Waals surface area contributed by atoms with Gasteiger partial charge in [-0.2, -0.15) is 0 Å². The number of hydrogen-bond acceptors (Lipinski definition) is 4. The molecule has 1 aromatic heterocycles. The molecule has 21 heavy (non-hydrogen) atoms. The SMILES string of the molecule is CCCNc1ncc(Br)cc1S(=O)(=O)NC1CCC(C)C1. The van der Waals surface area contributed by atoms with Crippen molar-refractivity contribution in [1.29, 1.82) is 0 Å². The first-order valence-electron chi connectivity index (χ1n) is 7.34. The number of sulfonamides is 1. The lowest BCUT2D eigenvalue weighted by molar-refractivity contribution is 0.538. The van der Waals surface area contributed by atoms with E-state index < -0.39 is 10.0 Å². The first-order valence-corrected chi connectivity index (χ1v) is 9.61. The summed E-state index contributed by atoms with van der Waals surface area (Å²) in [5, 5.41) is 3.08. The van der Waals surface area contributed by atoms with Gasteiger partial charge in [-0.05, 0) is 53.6 Å². The number of nitrogens with zero attached hydrogens (tertiary/aromatic N) is 1. The molecule has 0 radical (unpaired) electrons. The molecule has 0 spiro atoms. The van der Waals surface area contributed by atoms with Gasteiger partial charge in [-0.25, -0.2) is 18.1 Å². The van der Waals surface area contributed by atoms with Gasteiger partial charge in [-0.3, -0.25) is 0 Å². The van der Waals surface area contributed by atoms with Crippen molar-refractivity contribution < 1.29 is 8.42 Å². The minimum atomic E-state index is -3.56. The first kappa shape index (κ1) is 16.7. The number of pyridine rings is 1. The van der Waals surface area contributed by atoms with Crippen LogP contribution >= 0.6 is 15.9 Å². The number of hydrogen-bond donors (Lipinski definition) is 2. The first-order chi connectivity index (χ1) is 9.92. The maximum absolute atomic E-state index is 12.6. The van der Waals surface area contributed by atoms with Crippen molar-refractivity contribution in [2.75, 3.05) is 11.9 Å². The zero-order valence-corrected chi connectivity index (χ0v) is 14.8. The van der Waals surface area contributed by atoms with Gasteiger partial charge in [-0.15, -0.1) is 0 Å². The van der Waals surface area contributed by atoms with E-state index in [4.69, 9.17) is 0 Å². The van der Waals surface area contributed by atoms with Crippen molar-refractivity contribution in [3.8, 4) is 0 Å². The quantitative estimate of drug-likeness (QED) is 0.800. The highest BCUT2D eigenvalue weighted by atomic mass is 79.9. The molecule has 0 saturated heterocycles. The van der Waals surface area contributed by atoms with Crippen molar-refractivity contribution in [3.63, 3.8) is 0 Å². The molecule has 0 amide bonds. The summed E-state index contributed by atoms with van der Waals surface area (Å²) in [6, 6.07) is 1.63. The highest BCUT2D eigenvalue weighted by Crippen LogP contribution is 2.28. The largest absolute Gasteiger partial charge is 0.369 e. The maximum atomic E-state index is 12.6. The van der Waals surface area contributed by atoms with Crippen molar-refractivity contribution >= 4 is 31.8 Å². The molecule has 118 valence electrons. The number of aromatic nitrogens is 1. The number of halogens is 1. The summed E-state index contributed by atoms with van der Waals surface area (Å²) >= 11 is 3.30. The molecule has 1 aromatic rings. The average Bonchev–Trinajstić information content (AvgIpc) is 2.82. The molecule has 1 aliphatic rings. The normalized spacial score (nSPS) is 22.4. The Morgan fingerprint density at radius 3 is 2.81 bits per heavy atom. The van der Waals surface area contributed by atoms with Gasteiger partial charge < -0.3 is 5.32 Å². The second-order valence-electron chi connectivity index (χ2n) is 5.66. The molecule has 7 heteroatoms. The van der Waals surface area contributed by atoms with Crippen LogP contribution in [-0.4, -0.2) is 26.0 Å². The van der Waals surface area contributed by atoms with Crippen LogP contribution in [0.5, 0.6) is 0 Å². The highest BCUT2D eigenvalue weighted by molar-refractivity contribution is 9.10. The Hall–Kier alpha value is -0.660. The average molecular weight is 376 g/mol. The fourth-order valence-electron chi connectivity index (χ4n) is 2.60. The molecule has 2 unspecified atom stereocenters. The van der Waals surface area contributed by atoms with E-state index in [1.807, 2.05) is 6.92 Å². The molecule has 1 heterocycles. The Labute approximate surface area is 135 Å². The van der Waals surface area contributed by atoms with E-state index in [0.717, 1.165) is 25.7 Å². The number of rotatable bonds is 6. The lowest BCUT2D eigenvalue weighted by Gasteiger charge is -2.16. The standard InChI is InChI=1S/C14H22BrN3O2S/c1-3-6-16-14-13(8-11(15)9-17-14)21(19,20)18-12-5-4-10(2)7-12/h8-10,12,18H,3-7H2,1-2H3,(H,16,17). The second kappa shape index (κ2) is 7.07. The molecule has 0 aromatic carbocycles. The third-order valence-corrected chi connectivity index (χ3v) is 5.64. The minimum Gasteiger partial charge on any atom is -0.369 e. The van der Waals surface area contributed by atoms with E-state index in [-0.39, 0.29) is 10.9 Å². The summed E-state index contributed by atoms with van der Waals surface area (Å²) in [5.74, 6) is 0.995. The van der Waals surface area contributed by atoms with Gasteiger partial charge in [0.1, 0.15) is 10.7 Å². The van der Waals surface area contributed by atoms with Gasteiger partial charge >= 0.3 is 0 Å². The molecule has 1 aliphatic carbocycles. The summed E-state index contributed by atoms with van der Waals surface area (Å²) in [4.78, 5) is 4.41. The van der Waals surface area contributed by atoms with Gasteiger partial charge in [0.05, 0.1) is 0 Å². The summed E-state index contributed by atoms with van der Waals surface area (Å²) in [5.41, 5.74) is 0. The monoisotopic (exact) mass is 375 g/mol. The number of nitrogens with one attached hydrogen (secondary N) is 2. The molecular formula is C14H22BrN3O2S. The van der Waals surface area contributed by atoms with Gasteiger partial charge in [0, 0.05) is 23.3 Å². The molecule has 0 bridgehead atoms. The molecular weight excluding hydrogens is 354 g/mol. The van der Waals surface area contributed by atoms with Crippen LogP contribution in [0.25, 0.3) is 0 Å². The van der Waals surface area contributed by atoms with Gasteiger partial charge in [0.15, 0.2) is 0 Å². The van der Waals surface area contributed by atoms with Crippen LogP contribution in [0.4, 0.5) is 5.82 Å². The summed E-state index contributed by atoms with van der Waals surface area (Å²) in [6.45, 7) is 4.87. The van der Waals surface area contributed by atoms with Crippen molar-refractivity contribution in [2.24, 2.45) is 5.92 Å². The molecule has 2 N–H and O–H groups in total. The van der Waals surface area contributed by atoms with Crippen molar-refractivity contribution in [2.45, 2.75) is 50.5 Å². The summed E-state index contributed by atoms with van der Waals surface area (Å²) < 4.78 is 28.7. The van der Waals surface area contributed by atoms with Crippen molar-refractivity contribution in [3.05, 3.63) is 16.7 Å². The number of anilines is 1. The smallest absolute Gasteiger partial charge is 0.244 e. The highest BCUT2D eigenvalue weighted by Gasteiger charge is 2.28. The zero-order chi connectivity index (χ0) is 15.5.